The zero-order valence-corrected chi connectivity index (χ0v) is 32.1. The third-order valence-electron chi connectivity index (χ3n) is 12.0. The summed E-state index contributed by atoms with van der Waals surface area (Å²) < 4.78 is 9.12. The molecule has 276 valence electrons. The van der Waals surface area contributed by atoms with Crippen LogP contribution in [-0.4, -0.2) is 4.57 Å². The topological polar surface area (TPSA) is 30.1 Å². The van der Waals surface area contributed by atoms with Gasteiger partial charge in [-0.15, -0.1) is 0 Å². The Morgan fingerprint density at radius 1 is 0.500 bits per heavy atom. The number of para-hydroxylation sites is 1. The van der Waals surface area contributed by atoms with E-state index in [0.717, 1.165) is 50.0 Å². The minimum Gasteiger partial charge on any atom is -0.454 e. The largest absolute Gasteiger partial charge is 0.454 e. The van der Waals surface area contributed by atoms with Crippen molar-refractivity contribution in [3.63, 3.8) is 0 Å². The quantitative estimate of drug-likeness (QED) is 0.176. The summed E-state index contributed by atoms with van der Waals surface area (Å²) in [4.78, 5) is 0. The average molecular weight is 745 g/mol. The van der Waals surface area contributed by atoms with E-state index in [1.807, 2.05) is 6.07 Å². The Morgan fingerprint density at radius 3 is 1.78 bits per heavy atom. The number of nitrogens with one attached hydrogen (secondary N) is 1. The molecule has 1 aliphatic carbocycles. The molecular formula is C55H40N2O. The van der Waals surface area contributed by atoms with Crippen LogP contribution in [0, 0.1) is 5.92 Å². The second-order valence-corrected chi connectivity index (χ2v) is 15.4. The molecule has 0 bridgehead atoms. The van der Waals surface area contributed by atoms with E-state index in [9.17, 15) is 0 Å². The first-order valence-corrected chi connectivity index (χ1v) is 20.1. The van der Waals surface area contributed by atoms with Crippen molar-refractivity contribution in [1.29, 1.82) is 0 Å². The number of aromatic nitrogens is 1. The molecule has 11 rings (SSSR count). The van der Waals surface area contributed by atoms with Crippen LogP contribution in [0.3, 0.4) is 0 Å². The zero-order chi connectivity index (χ0) is 38.6. The van der Waals surface area contributed by atoms with Gasteiger partial charge in [-0.1, -0.05) is 159 Å². The summed E-state index contributed by atoms with van der Waals surface area (Å²) in [5.74, 6) is 0.376. The molecule has 0 spiro atoms. The van der Waals surface area contributed by atoms with E-state index in [1.165, 1.54) is 49.7 Å². The van der Waals surface area contributed by atoms with Gasteiger partial charge in [-0.3, -0.25) is 0 Å². The fourth-order valence-corrected chi connectivity index (χ4v) is 9.17. The van der Waals surface area contributed by atoms with Crippen LogP contribution in [0.4, 0.5) is 5.69 Å². The highest BCUT2D eigenvalue weighted by atomic mass is 16.3. The third kappa shape index (κ3) is 5.74. The fourth-order valence-electron chi connectivity index (χ4n) is 9.17. The Bertz CT molecular complexity index is 3170. The van der Waals surface area contributed by atoms with Crippen LogP contribution in [-0.2, 0) is 0 Å². The molecule has 2 aromatic heterocycles. The van der Waals surface area contributed by atoms with Gasteiger partial charge in [0.05, 0.1) is 11.0 Å². The number of anilines is 1. The van der Waals surface area contributed by atoms with Crippen LogP contribution < -0.4 is 5.32 Å². The van der Waals surface area contributed by atoms with E-state index < -0.39 is 0 Å². The lowest BCUT2D eigenvalue weighted by Crippen LogP contribution is -2.18. The van der Waals surface area contributed by atoms with Gasteiger partial charge in [-0.2, -0.15) is 0 Å². The van der Waals surface area contributed by atoms with Gasteiger partial charge >= 0.3 is 0 Å². The number of furan rings is 1. The Hall–Kier alpha value is -7.36. The van der Waals surface area contributed by atoms with Gasteiger partial charge in [0, 0.05) is 44.5 Å². The van der Waals surface area contributed by atoms with Gasteiger partial charge in [0.2, 0.25) is 0 Å². The van der Waals surface area contributed by atoms with Crippen LogP contribution in [0.1, 0.15) is 24.0 Å². The van der Waals surface area contributed by atoms with Crippen molar-refractivity contribution < 1.29 is 4.42 Å². The Labute approximate surface area is 337 Å². The molecule has 3 heteroatoms. The number of nitrogens with zero attached hydrogens (tertiary/aromatic N) is 1. The van der Waals surface area contributed by atoms with Crippen molar-refractivity contribution in [2.45, 2.75) is 12.8 Å². The molecule has 0 radical (unpaired) electrons. The SMILES string of the molecule is CC1C(c2ccccc2)=C(Nc2ccc(-c3ccccc3)cc2)C=CC1c1ccc2c(c1)c1ccc3c4ccccc4oc3c1n2-c1ccc(-c2ccccc2)cc1. The Balaban J connectivity index is 1.02. The highest BCUT2D eigenvalue weighted by Crippen LogP contribution is 2.45. The van der Waals surface area contributed by atoms with Gasteiger partial charge in [-0.05, 0) is 99.5 Å². The second kappa shape index (κ2) is 14.0. The molecule has 0 saturated heterocycles. The molecule has 2 atom stereocenters. The number of hydrogen-bond acceptors (Lipinski definition) is 2. The van der Waals surface area contributed by atoms with Gasteiger partial charge < -0.3 is 14.3 Å². The second-order valence-electron chi connectivity index (χ2n) is 15.4. The Kier molecular flexibility index (Phi) is 8.18. The molecule has 3 nitrogen and oxygen atoms in total. The van der Waals surface area contributed by atoms with Crippen molar-refractivity contribution >= 4 is 55.0 Å². The van der Waals surface area contributed by atoms with Gasteiger partial charge in [0.25, 0.3) is 0 Å². The first-order chi connectivity index (χ1) is 28.7. The summed E-state index contributed by atoms with van der Waals surface area (Å²) in [6.45, 7) is 2.37. The molecular weight excluding hydrogens is 705 g/mol. The molecule has 8 aromatic carbocycles. The summed E-state index contributed by atoms with van der Waals surface area (Å²) in [5, 5.41) is 8.47. The van der Waals surface area contributed by atoms with Crippen LogP contribution in [0.5, 0.6) is 0 Å². The van der Waals surface area contributed by atoms with E-state index in [2.05, 4.69) is 217 Å². The normalized spacial score (nSPS) is 15.5. The van der Waals surface area contributed by atoms with Crippen molar-refractivity contribution in [3.05, 3.63) is 223 Å². The van der Waals surface area contributed by atoms with Crippen molar-refractivity contribution in [3.8, 4) is 27.9 Å². The minimum absolute atomic E-state index is 0.170. The zero-order valence-electron chi connectivity index (χ0n) is 32.1. The third-order valence-corrected chi connectivity index (χ3v) is 12.0. The van der Waals surface area contributed by atoms with Crippen LogP contribution in [0.2, 0.25) is 0 Å². The summed E-state index contributed by atoms with van der Waals surface area (Å²) in [6.07, 6.45) is 4.68. The minimum atomic E-state index is 0.170. The fraction of sp³-hybridized carbons (Fsp3) is 0.0545. The predicted octanol–water partition coefficient (Wildman–Crippen LogP) is 14.8. The van der Waals surface area contributed by atoms with Crippen LogP contribution >= 0.6 is 0 Å². The van der Waals surface area contributed by atoms with Gasteiger partial charge in [-0.25, -0.2) is 0 Å². The maximum absolute atomic E-state index is 6.72. The molecule has 2 heterocycles. The number of hydrogen-bond donors (Lipinski definition) is 1. The number of benzene rings is 8. The molecule has 0 aliphatic heterocycles. The van der Waals surface area contributed by atoms with Gasteiger partial charge in [0.15, 0.2) is 5.58 Å². The Morgan fingerprint density at radius 2 is 1.09 bits per heavy atom. The molecule has 0 saturated carbocycles. The van der Waals surface area contributed by atoms with E-state index in [1.54, 1.807) is 0 Å². The summed E-state index contributed by atoms with van der Waals surface area (Å²) in [7, 11) is 0. The lowest BCUT2D eigenvalue weighted by Gasteiger charge is -2.31. The summed E-state index contributed by atoms with van der Waals surface area (Å²) >= 11 is 0. The maximum atomic E-state index is 6.72. The smallest absolute Gasteiger partial charge is 0.160 e. The standard InChI is InChI=1S/C55H40N2O/c1-36-45(32-33-50(53(36)41-17-9-4-10-18-41)56-43-26-21-39(22-27-43)37-13-5-2-6-14-37)42-25-34-51-49(35-42)47-30-31-48-46-19-11-12-20-52(46)58-55(48)54(47)57(51)44-28-23-40(24-29-44)38-15-7-3-8-16-38/h2-36,45,56H,1H3. The number of allylic oxidation sites excluding steroid dienone is 3. The monoisotopic (exact) mass is 744 g/mol. The first-order valence-electron chi connectivity index (χ1n) is 20.1. The molecule has 1 aliphatic rings. The molecule has 0 fully saturated rings. The predicted molar refractivity (Wildman–Crippen MR) is 243 cm³/mol. The molecule has 58 heavy (non-hydrogen) atoms. The van der Waals surface area contributed by atoms with Crippen LogP contribution in [0.15, 0.2) is 216 Å². The molecule has 10 aromatic rings. The van der Waals surface area contributed by atoms with E-state index in [4.69, 9.17) is 4.42 Å². The van der Waals surface area contributed by atoms with Crippen molar-refractivity contribution in [2.24, 2.45) is 5.92 Å². The molecule has 2 unspecified atom stereocenters. The van der Waals surface area contributed by atoms with Crippen LogP contribution in [0.25, 0.3) is 77.3 Å². The average Bonchev–Trinajstić information content (AvgIpc) is 3.83. The maximum Gasteiger partial charge on any atom is 0.160 e. The first kappa shape index (κ1) is 33.9. The summed E-state index contributed by atoms with van der Waals surface area (Å²) in [5.41, 5.74) is 16.0. The molecule has 1 N–H and O–H groups in total. The highest BCUT2D eigenvalue weighted by molar-refractivity contribution is 6.21. The lowest BCUT2D eigenvalue weighted by atomic mass is 9.75. The van der Waals surface area contributed by atoms with Crippen molar-refractivity contribution in [1.82, 2.24) is 4.57 Å². The number of fused-ring (bicyclic) bond motifs is 7. The number of rotatable bonds is 7. The van der Waals surface area contributed by atoms with Gasteiger partial charge in [0.1, 0.15) is 5.58 Å². The van der Waals surface area contributed by atoms with E-state index in [0.29, 0.717) is 0 Å². The van der Waals surface area contributed by atoms with E-state index >= 15 is 0 Å². The lowest BCUT2D eigenvalue weighted by molar-refractivity contribution is 0.650. The van der Waals surface area contributed by atoms with Crippen molar-refractivity contribution in [2.75, 3.05) is 5.32 Å². The summed E-state index contributed by atoms with van der Waals surface area (Å²) in [6, 6.07) is 69.6. The highest BCUT2D eigenvalue weighted by Gasteiger charge is 2.29. The van der Waals surface area contributed by atoms with E-state index in [-0.39, 0.29) is 11.8 Å². The molecule has 0 amide bonds.